The Labute approximate surface area is 244 Å². The van der Waals surface area contributed by atoms with Gasteiger partial charge in [0.25, 0.3) is 15.9 Å². The number of benzene rings is 3. The third kappa shape index (κ3) is 9.03. The van der Waals surface area contributed by atoms with Crippen molar-refractivity contribution in [2.75, 3.05) is 63.8 Å². The van der Waals surface area contributed by atoms with Gasteiger partial charge in [0.15, 0.2) is 0 Å². The van der Waals surface area contributed by atoms with Crippen molar-refractivity contribution < 1.29 is 27.9 Å². The molecule has 218 valence electrons. The number of para-hydroxylation sites is 1. The fraction of sp³-hybridized carbons (Fsp3) is 0.310. The molecule has 0 aliphatic carbocycles. The molecule has 0 aromatic heterocycles. The molecule has 1 aliphatic heterocycles. The number of aliphatic hydroxyl groups excluding tert-OH is 1. The molecule has 1 aliphatic rings. The van der Waals surface area contributed by atoms with E-state index in [0.29, 0.717) is 45.1 Å². The summed E-state index contributed by atoms with van der Waals surface area (Å²) >= 11 is 1.45. The summed E-state index contributed by atoms with van der Waals surface area (Å²) in [5, 5.41) is 11.4. The van der Waals surface area contributed by atoms with Crippen LogP contribution in [0.2, 0.25) is 0 Å². The Bertz CT molecular complexity index is 1400. The summed E-state index contributed by atoms with van der Waals surface area (Å²) in [5.41, 5.74) is 0.710. The third-order valence-electron chi connectivity index (χ3n) is 6.44. The summed E-state index contributed by atoms with van der Waals surface area (Å²) < 4.78 is 34.1. The van der Waals surface area contributed by atoms with Gasteiger partial charge in [-0.3, -0.25) is 19.2 Å². The number of aliphatic hydroxyl groups is 1. The van der Waals surface area contributed by atoms with Crippen LogP contribution in [0, 0.1) is 0 Å². The maximum Gasteiger partial charge on any atom is 0.261 e. The molecular formula is C29H34N4O6S2. The highest BCUT2D eigenvalue weighted by Crippen LogP contribution is 2.34. The molecule has 0 spiro atoms. The van der Waals surface area contributed by atoms with Gasteiger partial charge in [-0.05, 0) is 48.5 Å². The highest BCUT2D eigenvalue weighted by atomic mass is 32.2. The van der Waals surface area contributed by atoms with Crippen LogP contribution >= 0.6 is 11.8 Å². The normalized spacial score (nSPS) is 14.0. The zero-order chi connectivity index (χ0) is 29.1. The molecule has 1 saturated heterocycles. The quantitative estimate of drug-likeness (QED) is 0.256. The number of sulfonamides is 1. The third-order valence-corrected chi connectivity index (χ3v) is 8.91. The van der Waals surface area contributed by atoms with Crippen molar-refractivity contribution in [3.63, 3.8) is 0 Å². The van der Waals surface area contributed by atoms with Gasteiger partial charge in [-0.15, -0.1) is 0 Å². The minimum Gasteiger partial charge on any atom is -0.394 e. The zero-order valence-electron chi connectivity index (χ0n) is 22.6. The summed E-state index contributed by atoms with van der Waals surface area (Å²) in [7, 11) is -3.90. The van der Waals surface area contributed by atoms with Crippen molar-refractivity contribution in [3.05, 3.63) is 84.4 Å². The van der Waals surface area contributed by atoms with Gasteiger partial charge in [0.05, 0.1) is 36.9 Å². The van der Waals surface area contributed by atoms with E-state index in [1.165, 1.54) is 36.0 Å². The molecule has 0 saturated carbocycles. The molecule has 1 fully saturated rings. The first-order valence-corrected chi connectivity index (χ1v) is 15.6. The number of nitrogens with one attached hydrogen (secondary N) is 2. The minimum absolute atomic E-state index is 0.00163. The van der Waals surface area contributed by atoms with Crippen molar-refractivity contribution in [1.82, 2.24) is 15.1 Å². The van der Waals surface area contributed by atoms with Gasteiger partial charge >= 0.3 is 0 Å². The Balaban J connectivity index is 1.27. The van der Waals surface area contributed by atoms with Gasteiger partial charge in [-0.25, -0.2) is 8.42 Å². The second kappa shape index (κ2) is 15.0. The molecule has 0 radical (unpaired) electrons. The van der Waals surface area contributed by atoms with E-state index in [1.807, 2.05) is 42.5 Å². The molecule has 2 amide bonds. The van der Waals surface area contributed by atoms with Crippen LogP contribution in [0.15, 0.2) is 93.5 Å². The number of hydrogen-bond acceptors (Lipinski definition) is 8. The molecule has 3 aromatic rings. The smallest absolute Gasteiger partial charge is 0.261 e. The Morgan fingerprint density at radius 1 is 0.878 bits per heavy atom. The second-order valence-electron chi connectivity index (χ2n) is 9.28. The van der Waals surface area contributed by atoms with E-state index in [0.717, 1.165) is 16.3 Å². The fourth-order valence-electron chi connectivity index (χ4n) is 4.20. The first-order chi connectivity index (χ1) is 19.9. The number of rotatable bonds is 13. The predicted molar refractivity (Wildman–Crippen MR) is 158 cm³/mol. The second-order valence-corrected chi connectivity index (χ2v) is 12.1. The number of carbonyl (C=O) groups excluding carboxylic acids is 2. The number of amides is 2. The van der Waals surface area contributed by atoms with Crippen LogP contribution in [0.25, 0.3) is 0 Å². The lowest BCUT2D eigenvalue weighted by atomic mass is 10.2. The molecule has 12 heteroatoms. The molecule has 1 heterocycles. The molecular weight excluding hydrogens is 564 g/mol. The van der Waals surface area contributed by atoms with Gasteiger partial charge in [0.2, 0.25) is 5.91 Å². The predicted octanol–water partition coefficient (Wildman–Crippen LogP) is 2.52. The Kier molecular flexibility index (Phi) is 11.2. The van der Waals surface area contributed by atoms with Crippen LogP contribution in [-0.2, 0) is 19.6 Å². The van der Waals surface area contributed by atoms with Crippen LogP contribution < -0.4 is 10.0 Å². The van der Waals surface area contributed by atoms with Crippen LogP contribution in [0.1, 0.15) is 10.4 Å². The van der Waals surface area contributed by atoms with Crippen molar-refractivity contribution in [3.8, 4) is 0 Å². The van der Waals surface area contributed by atoms with Gasteiger partial charge < -0.3 is 20.1 Å². The summed E-state index contributed by atoms with van der Waals surface area (Å²) in [6.45, 7) is 3.97. The molecule has 4 rings (SSSR count). The van der Waals surface area contributed by atoms with E-state index in [2.05, 4.69) is 14.9 Å². The van der Waals surface area contributed by atoms with Gasteiger partial charge in [0, 0.05) is 48.1 Å². The lowest BCUT2D eigenvalue weighted by molar-refractivity contribution is -0.131. The Morgan fingerprint density at radius 2 is 1.56 bits per heavy atom. The maximum atomic E-state index is 13.1. The number of ether oxygens (including phenoxy) is 1. The number of piperazine rings is 1. The molecule has 0 atom stereocenters. The van der Waals surface area contributed by atoms with E-state index in [4.69, 9.17) is 9.84 Å². The Morgan fingerprint density at radius 3 is 2.27 bits per heavy atom. The Hall–Kier alpha value is -3.42. The lowest BCUT2D eigenvalue weighted by Gasteiger charge is -2.34. The monoisotopic (exact) mass is 598 g/mol. The van der Waals surface area contributed by atoms with E-state index in [9.17, 15) is 18.0 Å². The number of anilines is 1. The lowest BCUT2D eigenvalue weighted by Crippen LogP contribution is -2.51. The van der Waals surface area contributed by atoms with E-state index in [-0.39, 0.29) is 29.5 Å². The van der Waals surface area contributed by atoms with Crippen molar-refractivity contribution >= 4 is 39.3 Å². The first-order valence-electron chi connectivity index (χ1n) is 13.3. The molecule has 3 aromatic carbocycles. The minimum atomic E-state index is -3.90. The summed E-state index contributed by atoms with van der Waals surface area (Å²) in [4.78, 5) is 30.9. The average molecular weight is 599 g/mol. The summed E-state index contributed by atoms with van der Waals surface area (Å²) in [5.74, 6) is -0.635. The average Bonchev–Trinajstić information content (AvgIpc) is 3.00. The van der Waals surface area contributed by atoms with Gasteiger partial charge in [0.1, 0.15) is 0 Å². The molecule has 10 nitrogen and oxygen atoms in total. The number of carbonyl (C=O) groups is 2. The highest BCUT2D eigenvalue weighted by Gasteiger charge is 2.22. The van der Waals surface area contributed by atoms with Crippen molar-refractivity contribution in [1.29, 1.82) is 0 Å². The summed E-state index contributed by atoms with van der Waals surface area (Å²) in [6.07, 6.45) is 0. The largest absolute Gasteiger partial charge is 0.394 e. The van der Waals surface area contributed by atoms with E-state index >= 15 is 0 Å². The number of hydrogen-bond donors (Lipinski definition) is 3. The molecule has 0 bridgehead atoms. The van der Waals surface area contributed by atoms with Crippen LogP contribution in [0.4, 0.5) is 5.69 Å². The first kappa shape index (κ1) is 30.5. The van der Waals surface area contributed by atoms with E-state index < -0.39 is 15.9 Å². The van der Waals surface area contributed by atoms with Gasteiger partial charge in [-0.1, -0.05) is 42.1 Å². The van der Waals surface area contributed by atoms with Crippen LogP contribution in [0.3, 0.4) is 0 Å². The SMILES string of the molecule is O=C(NCC(=O)N1CCN(CCOCCO)CC1)c1ccc(S(=O)(=O)Nc2ccccc2Sc2ccccc2)cc1. The standard InChI is InChI=1S/C29H34N4O6S2/c34-19-21-39-20-18-32-14-16-33(17-15-32)28(35)22-30-29(36)23-10-12-25(13-11-23)41(37,38)31-26-8-4-5-9-27(26)40-24-6-2-1-3-7-24/h1-13,31,34H,14-22H2,(H,30,36). The van der Waals surface area contributed by atoms with Crippen molar-refractivity contribution in [2.45, 2.75) is 14.7 Å². The fourth-order valence-corrected chi connectivity index (χ4v) is 6.26. The summed E-state index contributed by atoms with van der Waals surface area (Å²) in [6, 6.07) is 22.4. The van der Waals surface area contributed by atoms with Crippen LogP contribution in [-0.4, -0.2) is 94.2 Å². The topological polar surface area (TPSA) is 128 Å². The van der Waals surface area contributed by atoms with Gasteiger partial charge in [-0.2, -0.15) is 0 Å². The molecule has 3 N–H and O–H groups in total. The molecule has 41 heavy (non-hydrogen) atoms. The highest BCUT2D eigenvalue weighted by molar-refractivity contribution is 7.99. The van der Waals surface area contributed by atoms with Crippen LogP contribution in [0.5, 0.6) is 0 Å². The molecule has 0 unspecified atom stereocenters. The van der Waals surface area contributed by atoms with E-state index in [1.54, 1.807) is 17.0 Å². The zero-order valence-corrected chi connectivity index (χ0v) is 24.2. The van der Waals surface area contributed by atoms with Crippen molar-refractivity contribution in [2.24, 2.45) is 0 Å². The number of nitrogens with zero attached hydrogens (tertiary/aromatic N) is 2. The maximum absolute atomic E-state index is 13.1.